The number of benzene rings is 3. The van der Waals surface area contributed by atoms with Gasteiger partial charge in [-0.15, -0.1) is 5.10 Å². The van der Waals surface area contributed by atoms with E-state index in [1.54, 1.807) is 18.2 Å². The summed E-state index contributed by atoms with van der Waals surface area (Å²) in [4.78, 5) is 12.1. The molecule has 3 atom stereocenters. The second-order valence-corrected chi connectivity index (χ2v) is 12.6. The van der Waals surface area contributed by atoms with Gasteiger partial charge in [-0.25, -0.2) is 4.68 Å². The molecule has 0 saturated heterocycles. The Labute approximate surface area is 250 Å². The minimum atomic E-state index is -4.10. The Kier molecular flexibility index (Phi) is 7.84. The van der Waals surface area contributed by atoms with Crippen LogP contribution in [0.3, 0.4) is 0 Å². The summed E-state index contributed by atoms with van der Waals surface area (Å²) in [6.07, 6.45) is 0.585. The largest absolute Gasteiger partial charge is 0.491 e. The normalized spacial score (nSPS) is 22.0. The predicted molar refractivity (Wildman–Crippen MR) is 158 cm³/mol. The molecule has 0 amide bonds. The number of aliphatic carboxylic acids is 1. The Morgan fingerprint density at radius 3 is 2.70 bits per heavy atom. The van der Waals surface area contributed by atoms with Gasteiger partial charge in [0, 0.05) is 31.2 Å². The summed E-state index contributed by atoms with van der Waals surface area (Å²) < 4.78 is 47.0. The minimum absolute atomic E-state index is 0.0974. The number of carbonyl (C=O) groups is 1. The van der Waals surface area contributed by atoms with Crippen LogP contribution in [0.4, 0.5) is 0 Å². The number of carboxylic acid groups (broad SMARTS) is 1. The van der Waals surface area contributed by atoms with E-state index in [2.05, 4.69) is 10.3 Å². The Morgan fingerprint density at radius 2 is 1.88 bits per heavy atom. The van der Waals surface area contributed by atoms with Crippen molar-refractivity contribution in [3.63, 3.8) is 0 Å². The lowest BCUT2D eigenvalue weighted by molar-refractivity contribution is -0.137. The van der Waals surface area contributed by atoms with Crippen LogP contribution >= 0.6 is 0 Å². The van der Waals surface area contributed by atoms with Gasteiger partial charge in [0.15, 0.2) is 0 Å². The maximum atomic E-state index is 13.3. The van der Waals surface area contributed by atoms with Crippen LogP contribution in [0.2, 0.25) is 0 Å². The van der Waals surface area contributed by atoms with E-state index in [1.165, 1.54) is 4.31 Å². The highest BCUT2D eigenvalue weighted by Crippen LogP contribution is 2.40. The summed E-state index contributed by atoms with van der Waals surface area (Å²) in [5.74, 6) is -0.557. The van der Waals surface area contributed by atoms with E-state index in [0.717, 1.165) is 45.3 Å². The predicted octanol–water partition coefficient (Wildman–Crippen LogP) is 4.65. The van der Waals surface area contributed by atoms with Gasteiger partial charge in [0.2, 0.25) is 0 Å². The highest BCUT2D eigenvalue weighted by molar-refractivity contribution is 7.84. The molecule has 43 heavy (non-hydrogen) atoms. The van der Waals surface area contributed by atoms with Crippen molar-refractivity contribution in [3.05, 3.63) is 81.9 Å². The number of fused-ring (bicyclic) bond motifs is 7. The lowest BCUT2D eigenvalue weighted by Crippen LogP contribution is -2.39. The van der Waals surface area contributed by atoms with Crippen molar-refractivity contribution < 1.29 is 32.0 Å². The zero-order chi connectivity index (χ0) is 30.3. The fourth-order valence-electron chi connectivity index (χ4n) is 6.01. The van der Waals surface area contributed by atoms with Gasteiger partial charge in [-0.2, -0.15) is 12.7 Å². The molecule has 1 unspecified atom stereocenters. The van der Waals surface area contributed by atoms with Crippen LogP contribution in [0.25, 0.3) is 11.0 Å². The third-order valence-electron chi connectivity index (χ3n) is 8.32. The van der Waals surface area contributed by atoms with Gasteiger partial charge in [-0.1, -0.05) is 29.5 Å². The number of carboxylic acids is 1. The van der Waals surface area contributed by atoms with Crippen molar-refractivity contribution in [2.45, 2.75) is 58.7 Å². The first-order valence-electron chi connectivity index (χ1n) is 14.3. The number of aryl methyl sites for hydroxylation is 3. The second kappa shape index (κ2) is 11.6. The van der Waals surface area contributed by atoms with Gasteiger partial charge < -0.3 is 18.8 Å². The zero-order valence-corrected chi connectivity index (χ0v) is 25.1. The molecule has 0 radical (unpaired) electrons. The van der Waals surface area contributed by atoms with E-state index in [1.807, 2.05) is 55.8 Å². The van der Waals surface area contributed by atoms with Crippen molar-refractivity contribution in [1.82, 2.24) is 19.3 Å². The maximum Gasteiger partial charge on any atom is 0.386 e. The van der Waals surface area contributed by atoms with Crippen LogP contribution in [0.5, 0.6) is 11.5 Å². The van der Waals surface area contributed by atoms with Crippen LogP contribution in [0, 0.1) is 13.8 Å². The lowest BCUT2D eigenvalue weighted by atomic mass is 9.83. The van der Waals surface area contributed by atoms with E-state index in [9.17, 15) is 18.3 Å². The molecular weight excluding hydrogens is 572 g/mol. The van der Waals surface area contributed by atoms with Crippen LogP contribution in [0.15, 0.2) is 48.5 Å². The molecule has 3 aliphatic rings. The highest BCUT2D eigenvalue weighted by atomic mass is 32.2. The second-order valence-electron chi connectivity index (χ2n) is 11.1. The van der Waals surface area contributed by atoms with Crippen LogP contribution in [-0.2, 0) is 32.9 Å². The van der Waals surface area contributed by atoms with Crippen LogP contribution in [-0.4, -0.2) is 58.6 Å². The number of aromatic nitrogens is 3. The van der Waals surface area contributed by atoms with E-state index in [0.29, 0.717) is 37.7 Å². The molecule has 0 spiro atoms. The van der Waals surface area contributed by atoms with Crippen LogP contribution < -0.4 is 8.92 Å². The number of rotatable bonds is 2. The molecule has 4 heterocycles. The number of nitrogens with zero attached hydrogens (tertiary/aromatic N) is 4. The summed E-state index contributed by atoms with van der Waals surface area (Å²) in [5, 5.41) is 18.7. The first-order chi connectivity index (χ1) is 20.6. The summed E-state index contributed by atoms with van der Waals surface area (Å²) in [6, 6.07) is 14.1. The van der Waals surface area contributed by atoms with Crippen molar-refractivity contribution >= 4 is 27.3 Å². The van der Waals surface area contributed by atoms with E-state index in [4.69, 9.17) is 13.7 Å². The van der Waals surface area contributed by atoms with Crippen molar-refractivity contribution in [2.75, 3.05) is 19.8 Å². The summed E-state index contributed by atoms with van der Waals surface area (Å²) in [5.41, 5.74) is 6.40. The van der Waals surface area contributed by atoms with Gasteiger partial charge in [-0.3, -0.25) is 4.79 Å². The van der Waals surface area contributed by atoms with Gasteiger partial charge in [0.25, 0.3) is 0 Å². The molecule has 0 saturated carbocycles. The van der Waals surface area contributed by atoms with Gasteiger partial charge in [0.1, 0.15) is 23.6 Å². The number of ether oxygens (including phenoxy) is 2. The molecule has 12 heteroatoms. The molecule has 1 aromatic heterocycles. The summed E-state index contributed by atoms with van der Waals surface area (Å²) in [6.45, 7) is 7.65. The standard InChI is InChI=1S/C31H34N4O7S/c1-19-5-6-22-16-26(19)21(3)35-18-23-15-24(7-10-29(23)42-43(35,38)39)41-14-13-40-12-4-11-34-28-9-8-25(27(22)17-30(36)37)20(2)31(28)32-33-34/h5-10,15-16,21,27H,4,11-14,17-18H2,1-3H3,(H,36,37)/t21-,27-/m1/s1. The molecule has 11 nitrogen and oxygen atoms in total. The molecule has 9 bridgehead atoms. The van der Waals surface area contributed by atoms with E-state index in [-0.39, 0.29) is 18.7 Å². The lowest BCUT2D eigenvalue weighted by Gasteiger charge is -2.33. The molecule has 3 aliphatic heterocycles. The Hall–Kier alpha value is -4.00. The molecule has 7 rings (SSSR count). The third-order valence-corrected chi connectivity index (χ3v) is 9.73. The maximum absolute atomic E-state index is 13.3. The average Bonchev–Trinajstić information content (AvgIpc) is 3.38. The molecule has 0 fully saturated rings. The Balaban J connectivity index is 1.46. The fraction of sp³-hybridized carbons (Fsp3) is 0.387. The minimum Gasteiger partial charge on any atom is -0.491 e. The fourth-order valence-corrected chi connectivity index (χ4v) is 7.30. The monoisotopic (exact) mass is 606 g/mol. The molecule has 3 aromatic carbocycles. The number of hydrogen-bond donors (Lipinski definition) is 1. The molecule has 4 aromatic rings. The smallest absolute Gasteiger partial charge is 0.386 e. The van der Waals surface area contributed by atoms with Crippen LogP contribution in [0.1, 0.15) is 65.1 Å². The van der Waals surface area contributed by atoms with Gasteiger partial charge in [-0.05, 0) is 79.3 Å². The third kappa shape index (κ3) is 5.69. The molecular formula is C31H34N4O7S. The van der Waals surface area contributed by atoms with Crippen molar-refractivity contribution in [2.24, 2.45) is 0 Å². The summed E-state index contributed by atoms with van der Waals surface area (Å²) in [7, 11) is -4.10. The Bertz CT molecular complexity index is 1800. The van der Waals surface area contributed by atoms with Gasteiger partial charge >= 0.3 is 16.3 Å². The molecule has 0 aliphatic carbocycles. The van der Waals surface area contributed by atoms with Gasteiger partial charge in [0.05, 0.1) is 24.6 Å². The topological polar surface area (TPSA) is 133 Å². The quantitative estimate of drug-likeness (QED) is 0.346. The van der Waals surface area contributed by atoms with E-state index < -0.39 is 28.2 Å². The molecule has 226 valence electrons. The SMILES string of the molecule is Cc1ccc2cc1[C@@H](C)N1Cc3cc(ccc3OS1(=O)=O)OCCOCCCn1nnc3c(C)c(ccc31)[C@@H]2CC(=O)O. The first-order valence-corrected chi connectivity index (χ1v) is 15.7. The first kappa shape index (κ1) is 29.1. The molecule has 1 N–H and O–H groups in total. The Morgan fingerprint density at radius 1 is 1.05 bits per heavy atom. The number of hydrogen-bond acceptors (Lipinski definition) is 8. The average molecular weight is 607 g/mol. The van der Waals surface area contributed by atoms with E-state index >= 15 is 0 Å². The zero-order valence-electron chi connectivity index (χ0n) is 24.3. The van der Waals surface area contributed by atoms with Crippen molar-refractivity contribution in [1.29, 1.82) is 0 Å². The summed E-state index contributed by atoms with van der Waals surface area (Å²) >= 11 is 0. The van der Waals surface area contributed by atoms with Crippen molar-refractivity contribution in [3.8, 4) is 11.5 Å². The highest BCUT2D eigenvalue weighted by Gasteiger charge is 2.37.